The molecule has 1 rings (SSSR count). The fourth-order valence-corrected chi connectivity index (χ4v) is 1.12. The van der Waals surface area contributed by atoms with Crippen LogP contribution in [0.25, 0.3) is 0 Å². The van der Waals surface area contributed by atoms with Gasteiger partial charge < -0.3 is 0 Å². The van der Waals surface area contributed by atoms with E-state index in [9.17, 15) is 10.1 Å². The second kappa shape index (κ2) is 4.33. The molecule has 0 bridgehead atoms. The normalized spacial score (nSPS) is 9.43. The van der Waals surface area contributed by atoms with Crippen molar-refractivity contribution in [1.82, 2.24) is 4.98 Å². The number of pyridine rings is 1. The third-order valence-corrected chi connectivity index (χ3v) is 1.86. The molecule has 1 heterocycles. The first-order valence-corrected chi connectivity index (χ1v) is 4.12. The number of aromatic nitrogens is 1. The summed E-state index contributed by atoms with van der Waals surface area (Å²) in [5.41, 5.74) is 1.50. The SMILES string of the molecule is Cc1cc([N+](=O)[O-])cnc1CCC#N. The second-order valence-electron chi connectivity index (χ2n) is 2.87. The van der Waals surface area contributed by atoms with Crippen molar-refractivity contribution in [2.75, 3.05) is 0 Å². The largest absolute Gasteiger partial charge is 0.287 e. The minimum Gasteiger partial charge on any atom is -0.258 e. The molecular weight excluding hydrogens is 182 g/mol. The minimum absolute atomic E-state index is 0.0109. The Morgan fingerprint density at radius 3 is 2.93 bits per heavy atom. The third kappa shape index (κ3) is 2.26. The molecule has 0 saturated heterocycles. The molecule has 14 heavy (non-hydrogen) atoms. The van der Waals surface area contributed by atoms with Crippen molar-refractivity contribution in [2.24, 2.45) is 0 Å². The lowest BCUT2D eigenvalue weighted by molar-refractivity contribution is -0.385. The Morgan fingerprint density at radius 2 is 2.43 bits per heavy atom. The fourth-order valence-electron chi connectivity index (χ4n) is 1.12. The maximum Gasteiger partial charge on any atom is 0.287 e. The van der Waals surface area contributed by atoms with Gasteiger partial charge in [0.05, 0.1) is 11.0 Å². The molecule has 0 fully saturated rings. The van der Waals surface area contributed by atoms with E-state index in [1.54, 1.807) is 6.92 Å². The van der Waals surface area contributed by atoms with Gasteiger partial charge in [-0.2, -0.15) is 5.26 Å². The van der Waals surface area contributed by atoms with E-state index in [-0.39, 0.29) is 5.69 Å². The van der Waals surface area contributed by atoms with Gasteiger partial charge in [-0.1, -0.05) is 0 Å². The molecular formula is C9H9N3O2. The first-order valence-electron chi connectivity index (χ1n) is 4.12. The zero-order valence-electron chi connectivity index (χ0n) is 7.73. The number of nitriles is 1. The van der Waals surface area contributed by atoms with Gasteiger partial charge in [-0.15, -0.1) is 0 Å². The van der Waals surface area contributed by atoms with Crippen molar-refractivity contribution in [2.45, 2.75) is 19.8 Å². The number of nitro groups is 1. The second-order valence-corrected chi connectivity index (χ2v) is 2.87. The number of aryl methyl sites for hydroxylation is 2. The van der Waals surface area contributed by atoms with Crippen LogP contribution in [0.15, 0.2) is 12.3 Å². The average molecular weight is 191 g/mol. The summed E-state index contributed by atoms with van der Waals surface area (Å²) in [4.78, 5) is 13.9. The summed E-state index contributed by atoms with van der Waals surface area (Å²) in [6.07, 6.45) is 2.14. The third-order valence-electron chi connectivity index (χ3n) is 1.86. The van der Waals surface area contributed by atoms with E-state index in [1.807, 2.05) is 6.07 Å². The van der Waals surface area contributed by atoms with Gasteiger partial charge in [0.25, 0.3) is 5.69 Å². The Kier molecular flexibility index (Phi) is 3.13. The van der Waals surface area contributed by atoms with Gasteiger partial charge in [0.1, 0.15) is 6.20 Å². The molecule has 0 amide bonds. The summed E-state index contributed by atoms with van der Waals surface area (Å²) < 4.78 is 0. The van der Waals surface area contributed by atoms with Crippen molar-refractivity contribution in [1.29, 1.82) is 5.26 Å². The van der Waals surface area contributed by atoms with E-state index >= 15 is 0 Å². The summed E-state index contributed by atoms with van der Waals surface area (Å²) >= 11 is 0. The predicted octanol–water partition coefficient (Wildman–Crippen LogP) is 1.75. The van der Waals surface area contributed by atoms with Crippen LogP contribution in [0.5, 0.6) is 0 Å². The standard InChI is InChI=1S/C9H9N3O2/c1-7-5-8(12(13)14)6-11-9(7)3-2-4-10/h5-6H,2-3H2,1H3. The maximum absolute atomic E-state index is 10.4. The van der Waals surface area contributed by atoms with Crippen molar-refractivity contribution >= 4 is 5.69 Å². The highest BCUT2D eigenvalue weighted by Crippen LogP contribution is 2.14. The topological polar surface area (TPSA) is 79.8 Å². The molecule has 0 aliphatic carbocycles. The molecule has 0 N–H and O–H groups in total. The average Bonchev–Trinajstić information content (AvgIpc) is 2.15. The monoisotopic (exact) mass is 191 g/mol. The van der Waals surface area contributed by atoms with Crippen LogP contribution < -0.4 is 0 Å². The zero-order chi connectivity index (χ0) is 10.6. The van der Waals surface area contributed by atoms with Crippen LogP contribution in [0, 0.1) is 28.4 Å². The molecule has 0 radical (unpaired) electrons. The lowest BCUT2D eigenvalue weighted by Gasteiger charge is -2.00. The van der Waals surface area contributed by atoms with Crippen LogP contribution in [0.4, 0.5) is 5.69 Å². The van der Waals surface area contributed by atoms with Crippen LogP contribution in [-0.4, -0.2) is 9.91 Å². The van der Waals surface area contributed by atoms with Crippen LogP contribution in [0.1, 0.15) is 17.7 Å². The Morgan fingerprint density at radius 1 is 1.71 bits per heavy atom. The lowest BCUT2D eigenvalue weighted by Crippen LogP contribution is -1.96. The summed E-state index contributed by atoms with van der Waals surface area (Å²) in [5, 5.41) is 18.8. The molecule has 0 saturated carbocycles. The molecule has 5 heteroatoms. The molecule has 1 aromatic heterocycles. The number of hydrogen-bond acceptors (Lipinski definition) is 4. The first kappa shape index (κ1) is 10.1. The summed E-state index contributed by atoms with van der Waals surface area (Å²) in [6, 6.07) is 3.48. The summed E-state index contributed by atoms with van der Waals surface area (Å²) in [5.74, 6) is 0. The summed E-state index contributed by atoms with van der Waals surface area (Å²) in [7, 11) is 0. The van der Waals surface area contributed by atoms with Gasteiger partial charge in [-0.05, 0) is 12.5 Å². The van der Waals surface area contributed by atoms with Gasteiger partial charge in [0.2, 0.25) is 0 Å². The van der Waals surface area contributed by atoms with Gasteiger partial charge in [0, 0.05) is 24.6 Å². The van der Waals surface area contributed by atoms with Crippen molar-refractivity contribution in [3.63, 3.8) is 0 Å². The molecule has 0 atom stereocenters. The van der Waals surface area contributed by atoms with E-state index in [4.69, 9.17) is 5.26 Å². The zero-order valence-corrected chi connectivity index (χ0v) is 7.73. The van der Waals surface area contributed by atoms with E-state index in [1.165, 1.54) is 12.3 Å². The Bertz CT molecular complexity index is 396. The quantitative estimate of drug-likeness (QED) is 0.538. The van der Waals surface area contributed by atoms with Crippen molar-refractivity contribution in [3.05, 3.63) is 33.6 Å². The van der Waals surface area contributed by atoms with Gasteiger partial charge in [-0.3, -0.25) is 15.1 Å². The highest BCUT2D eigenvalue weighted by molar-refractivity contribution is 5.33. The number of hydrogen-bond donors (Lipinski definition) is 0. The van der Waals surface area contributed by atoms with Gasteiger partial charge in [0.15, 0.2) is 0 Å². The van der Waals surface area contributed by atoms with Gasteiger partial charge in [-0.25, -0.2) is 0 Å². The van der Waals surface area contributed by atoms with Crippen LogP contribution in [0.3, 0.4) is 0 Å². The maximum atomic E-state index is 10.4. The van der Waals surface area contributed by atoms with Crippen LogP contribution >= 0.6 is 0 Å². The van der Waals surface area contributed by atoms with E-state index in [0.717, 1.165) is 11.3 Å². The van der Waals surface area contributed by atoms with E-state index < -0.39 is 4.92 Å². The van der Waals surface area contributed by atoms with Crippen LogP contribution in [-0.2, 0) is 6.42 Å². The van der Waals surface area contributed by atoms with Crippen molar-refractivity contribution < 1.29 is 4.92 Å². The van der Waals surface area contributed by atoms with Crippen LogP contribution in [0.2, 0.25) is 0 Å². The Balaban J connectivity index is 2.91. The Labute approximate surface area is 81.2 Å². The van der Waals surface area contributed by atoms with Gasteiger partial charge >= 0.3 is 0 Å². The van der Waals surface area contributed by atoms with E-state index in [0.29, 0.717) is 12.8 Å². The Hall–Kier alpha value is -1.96. The highest BCUT2D eigenvalue weighted by Gasteiger charge is 2.08. The number of nitrogens with zero attached hydrogens (tertiary/aromatic N) is 3. The molecule has 0 unspecified atom stereocenters. The lowest BCUT2D eigenvalue weighted by atomic mass is 10.1. The molecule has 0 aromatic carbocycles. The molecule has 5 nitrogen and oxygen atoms in total. The molecule has 72 valence electrons. The molecule has 0 spiro atoms. The first-order chi connectivity index (χ1) is 6.65. The fraction of sp³-hybridized carbons (Fsp3) is 0.333. The molecule has 0 aliphatic rings. The highest BCUT2D eigenvalue weighted by atomic mass is 16.6. The smallest absolute Gasteiger partial charge is 0.258 e. The molecule has 1 aromatic rings. The molecule has 0 aliphatic heterocycles. The number of rotatable bonds is 3. The summed E-state index contributed by atoms with van der Waals surface area (Å²) in [6.45, 7) is 1.76. The van der Waals surface area contributed by atoms with Crippen molar-refractivity contribution in [3.8, 4) is 6.07 Å². The minimum atomic E-state index is -0.478. The predicted molar refractivity (Wildman–Crippen MR) is 49.6 cm³/mol. The van der Waals surface area contributed by atoms with E-state index in [2.05, 4.69) is 4.98 Å².